The van der Waals surface area contributed by atoms with E-state index >= 15 is 0 Å². The molecule has 112 valence electrons. The summed E-state index contributed by atoms with van der Waals surface area (Å²) in [5.41, 5.74) is 0.982. The van der Waals surface area contributed by atoms with Crippen LogP contribution in [0.5, 0.6) is 5.88 Å². The van der Waals surface area contributed by atoms with Gasteiger partial charge in [-0.2, -0.15) is 0 Å². The predicted octanol–water partition coefficient (Wildman–Crippen LogP) is 1.10. The normalized spacial score (nSPS) is 10.6. The minimum atomic E-state index is -0.217. The number of nitrogens with zero attached hydrogens (tertiary/aromatic N) is 2. The molecule has 0 spiro atoms. The van der Waals surface area contributed by atoms with Gasteiger partial charge in [-0.15, -0.1) is 0 Å². The highest BCUT2D eigenvalue weighted by molar-refractivity contribution is 5.69. The zero-order valence-corrected chi connectivity index (χ0v) is 12.3. The van der Waals surface area contributed by atoms with Crippen molar-refractivity contribution >= 4 is 5.97 Å². The summed E-state index contributed by atoms with van der Waals surface area (Å²) in [5.74, 6) is 0.388. The maximum Gasteiger partial charge on any atom is 0.306 e. The van der Waals surface area contributed by atoms with Crippen LogP contribution in [0.1, 0.15) is 12.0 Å². The van der Waals surface area contributed by atoms with Crippen molar-refractivity contribution in [2.75, 3.05) is 41.0 Å². The number of ether oxygens (including phenoxy) is 3. The third-order valence-corrected chi connectivity index (χ3v) is 2.91. The molecule has 0 fully saturated rings. The Morgan fingerprint density at radius 1 is 1.30 bits per heavy atom. The highest BCUT2D eigenvalue weighted by atomic mass is 16.5. The van der Waals surface area contributed by atoms with E-state index in [0.717, 1.165) is 12.1 Å². The Bertz CT molecular complexity index is 412. The van der Waals surface area contributed by atoms with Gasteiger partial charge in [-0.25, -0.2) is 4.98 Å². The third-order valence-electron chi connectivity index (χ3n) is 2.91. The molecule has 6 heteroatoms. The van der Waals surface area contributed by atoms with Crippen LogP contribution in [0.25, 0.3) is 0 Å². The molecule has 0 aromatic carbocycles. The Hall–Kier alpha value is -1.66. The summed E-state index contributed by atoms with van der Waals surface area (Å²) >= 11 is 0. The number of carbonyl (C=O) groups is 1. The largest absolute Gasteiger partial charge is 0.481 e. The quantitative estimate of drug-likeness (QED) is 0.632. The Kier molecular flexibility index (Phi) is 7.60. The Balaban J connectivity index is 2.65. The van der Waals surface area contributed by atoms with Crippen LogP contribution in [0, 0.1) is 0 Å². The van der Waals surface area contributed by atoms with Crippen molar-refractivity contribution in [1.82, 2.24) is 9.88 Å². The minimum absolute atomic E-state index is 0.217. The molecule has 1 aromatic heterocycles. The minimum Gasteiger partial charge on any atom is -0.481 e. The number of carbonyl (C=O) groups excluding carboxylic acids is 1. The number of hydrogen-bond acceptors (Lipinski definition) is 6. The van der Waals surface area contributed by atoms with E-state index in [2.05, 4.69) is 14.6 Å². The highest BCUT2D eigenvalue weighted by Crippen LogP contribution is 2.16. The number of esters is 1. The zero-order valence-electron chi connectivity index (χ0n) is 12.3. The zero-order chi connectivity index (χ0) is 14.8. The number of aromatic nitrogens is 1. The van der Waals surface area contributed by atoms with E-state index in [1.54, 1.807) is 20.4 Å². The molecule has 0 amide bonds. The van der Waals surface area contributed by atoms with Crippen LogP contribution >= 0.6 is 0 Å². The van der Waals surface area contributed by atoms with Crippen molar-refractivity contribution in [2.45, 2.75) is 13.0 Å². The van der Waals surface area contributed by atoms with Gasteiger partial charge in [0, 0.05) is 38.5 Å². The Labute approximate surface area is 119 Å². The van der Waals surface area contributed by atoms with E-state index in [-0.39, 0.29) is 5.97 Å². The molecule has 0 aliphatic rings. The number of rotatable bonds is 9. The first-order valence-corrected chi connectivity index (χ1v) is 6.47. The molecular weight excluding hydrogens is 260 g/mol. The van der Waals surface area contributed by atoms with Crippen LogP contribution in [0.2, 0.25) is 0 Å². The van der Waals surface area contributed by atoms with Crippen molar-refractivity contribution in [3.05, 3.63) is 23.9 Å². The van der Waals surface area contributed by atoms with Gasteiger partial charge in [0.05, 0.1) is 27.2 Å². The van der Waals surface area contributed by atoms with E-state index < -0.39 is 0 Å². The lowest BCUT2D eigenvalue weighted by atomic mass is 10.2. The van der Waals surface area contributed by atoms with Gasteiger partial charge in [-0.1, -0.05) is 6.07 Å². The second-order valence-electron chi connectivity index (χ2n) is 4.27. The third kappa shape index (κ3) is 5.54. The van der Waals surface area contributed by atoms with Gasteiger partial charge in [0.25, 0.3) is 0 Å². The highest BCUT2D eigenvalue weighted by Gasteiger charge is 2.12. The van der Waals surface area contributed by atoms with Crippen LogP contribution < -0.4 is 4.74 Å². The molecule has 0 saturated carbocycles. The Morgan fingerprint density at radius 3 is 2.75 bits per heavy atom. The first kappa shape index (κ1) is 16.4. The second-order valence-corrected chi connectivity index (χ2v) is 4.27. The van der Waals surface area contributed by atoms with Gasteiger partial charge >= 0.3 is 5.97 Å². The summed E-state index contributed by atoms with van der Waals surface area (Å²) in [7, 11) is 4.65. The molecule has 0 aliphatic carbocycles. The molecule has 1 aromatic rings. The number of pyridine rings is 1. The first-order valence-electron chi connectivity index (χ1n) is 6.47. The van der Waals surface area contributed by atoms with Crippen molar-refractivity contribution in [2.24, 2.45) is 0 Å². The van der Waals surface area contributed by atoms with Crippen LogP contribution in [-0.2, 0) is 20.8 Å². The van der Waals surface area contributed by atoms with Gasteiger partial charge in [-0.3, -0.25) is 9.69 Å². The summed E-state index contributed by atoms with van der Waals surface area (Å²) in [4.78, 5) is 17.5. The fraction of sp³-hybridized carbons (Fsp3) is 0.571. The van der Waals surface area contributed by atoms with Crippen molar-refractivity contribution in [3.63, 3.8) is 0 Å². The van der Waals surface area contributed by atoms with Gasteiger partial charge in [0.15, 0.2) is 0 Å². The molecule has 0 saturated heterocycles. The van der Waals surface area contributed by atoms with Crippen molar-refractivity contribution < 1.29 is 19.0 Å². The Morgan fingerprint density at radius 2 is 2.10 bits per heavy atom. The van der Waals surface area contributed by atoms with Gasteiger partial charge in [0.1, 0.15) is 0 Å². The SMILES string of the molecule is COCCN(CCC(=O)OC)Cc1cccnc1OC. The van der Waals surface area contributed by atoms with Gasteiger partial charge in [-0.05, 0) is 6.07 Å². The molecule has 0 bridgehead atoms. The van der Waals surface area contributed by atoms with Gasteiger partial charge in [0.2, 0.25) is 5.88 Å². The van der Waals surface area contributed by atoms with E-state index in [4.69, 9.17) is 9.47 Å². The summed E-state index contributed by atoms with van der Waals surface area (Å²) in [6.45, 7) is 2.58. The first-order chi connectivity index (χ1) is 9.71. The molecule has 20 heavy (non-hydrogen) atoms. The molecule has 6 nitrogen and oxygen atoms in total. The van der Waals surface area contributed by atoms with E-state index in [0.29, 0.717) is 32.0 Å². The van der Waals surface area contributed by atoms with Gasteiger partial charge < -0.3 is 14.2 Å². The maximum atomic E-state index is 11.2. The molecule has 0 N–H and O–H groups in total. The summed E-state index contributed by atoms with van der Waals surface area (Å²) < 4.78 is 15.0. The average molecular weight is 282 g/mol. The topological polar surface area (TPSA) is 60.9 Å². The lowest BCUT2D eigenvalue weighted by molar-refractivity contribution is -0.141. The summed E-state index contributed by atoms with van der Waals surface area (Å²) in [6.07, 6.45) is 2.04. The average Bonchev–Trinajstić information content (AvgIpc) is 2.49. The maximum absolute atomic E-state index is 11.2. The standard InChI is InChI=1S/C14H22N2O4/c1-18-10-9-16(8-6-13(17)19-2)11-12-5-4-7-15-14(12)20-3/h4-5,7H,6,8-11H2,1-3H3. The van der Waals surface area contributed by atoms with Crippen LogP contribution in [0.3, 0.4) is 0 Å². The molecule has 0 radical (unpaired) electrons. The van der Waals surface area contributed by atoms with E-state index in [1.807, 2.05) is 12.1 Å². The van der Waals surface area contributed by atoms with Crippen molar-refractivity contribution in [3.8, 4) is 5.88 Å². The summed E-state index contributed by atoms with van der Waals surface area (Å²) in [5, 5.41) is 0. The molecule has 1 rings (SSSR count). The second kappa shape index (κ2) is 9.28. The fourth-order valence-corrected chi connectivity index (χ4v) is 1.81. The molecule has 1 heterocycles. The van der Waals surface area contributed by atoms with Crippen LogP contribution in [0.15, 0.2) is 18.3 Å². The predicted molar refractivity (Wildman–Crippen MR) is 74.6 cm³/mol. The number of methoxy groups -OCH3 is 3. The smallest absolute Gasteiger partial charge is 0.306 e. The molecular formula is C14H22N2O4. The number of hydrogen-bond donors (Lipinski definition) is 0. The van der Waals surface area contributed by atoms with E-state index in [9.17, 15) is 4.79 Å². The fourth-order valence-electron chi connectivity index (χ4n) is 1.81. The molecule has 0 unspecified atom stereocenters. The molecule has 0 aliphatic heterocycles. The lowest BCUT2D eigenvalue weighted by Crippen LogP contribution is -2.29. The molecule has 0 atom stereocenters. The van der Waals surface area contributed by atoms with Crippen LogP contribution in [0.4, 0.5) is 0 Å². The summed E-state index contributed by atoms with van der Waals surface area (Å²) in [6, 6.07) is 3.83. The van der Waals surface area contributed by atoms with Crippen molar-refractivity contribution in [1.29, 1.82) is 0 Å². The lowest BCUT2D eigenvalue weighted by Gasteiger charge is -2.22. The van der Waals surface area contributed by atoms with E-state index in [1.165, 1.54) is 7.11 Å². The van der Waals surface area contributed by atoms with Crippen LogP contribution in [-0.4, -0.2) is 56.9 Å². The monoisotopic (exact) mass is 282 g/mol.